The first-order valence-corrected chi connectivity index (χ1v) is 13.1. The molecule has 0 spiro atoms. The molecule has 1 aromatic carbocycles. The highest BCUT2D eigenvalue weighted by molar-refractivity contribution is 7.93. The standard InChI is InChI=1S/C21H24Cl2N8O2S/c1-13-9-14-3-4-16(10-15(14)5-6-24-13)29-21-28-11-17(22)19(30-21)27-12-18-20(26-8-7-25-18)31(23)34(2,32)33/h3-4,7-8,10-11,13,24H,5-6,9,12H2,1-2H3,(H2,27,28,29,30). The molecule has 4 rings (SSSR count). The number of anilines is 4. The summed E-state index contributed by atoms with van der Waals surface area (Å²) in [4.78, 5) is 16.9. The lowest BCUT2D eigenvalue weighted by Gasteiger charge is -2.16. The van der Waals surface area contributed by atoms with E-state index < -0.39 is 10.0 Å². The molecule has 0 saturated carbocycles. The molecular formula is C21H24Cl2N8O2S. The van der Waals surface area contributed by atoms with Gasteiger partial charge in [0.25, 0.3) is 0 Å². The largest absolute Gasteiger partial charge is 0.363 e. The zero-order valence-corrected chi connectivity index (χ0v) is 20.9. The number of aromatic nitrogens is 4. The summed E-state index contributed by atoms with van der Waals surface area (Å²) in [6, 6.07) is 6.71. The van der Waals surface area contributed by atoms with Crippen LogP contribution in [0.1, 0.15) is 23.7 Å². The maximum absolute atomic E-state index is 11.8. The second-order valence-corrected chi connectivity index (χ2v) is 10.7. The molecule has 3 heterocycles. The Morgan fingerprint density at radius 3 is 2.79 bits per heavy atom. The Kier molecular flexibility index (Phi) is 7.36. The molecule has 34 heavy (non-hydrogen) atoms. The number of halogens is 2. The minimum Gasteiger partial charge on any atom is -0.363 e. The number of nitrogens with zero attached hydrogens (tertiary/aromatic N) is 5. The Morgan fingerprint density at radius 1 is 1.21 bits per heavy atom. The Balaban J connectivity index is 1.50. The summed E-state index contributed by atoms with van der Waals surface area (Å²) in [5.41, 5.74) is 3.81. The van der Waals surface area contributed by atoms with Gasteiger partial charge in [0.1, 0.15) is 10.7 Å². The molecule has 0 fully saturated rings. The topological polar surface area (TPSA) is 125 Å². The van der Waals surface area contributed by atoms with E-state index in [2.05, 4.69) is 54.9 Å². The third-order valence-corrected chi connectivity index (χ3v) is 7.20. The number of nitrogens with one attached hydrogen (secondary N) is 3. The maximum atomic E-state index is 11.8. The number of hydrogen-bond acceptors (Lipinski definition) is 9. The van der Waals surface area contributed by atoms with Crippen LogP contribution < -0.4 is 19.8 Å². The number of rotatable bonds is 7. The zero-order valence-electron chi connectivity index (χ0n) is 18.6. The summed E-state index contributed by atoms with van der Waals surface area (Å²) in [7, 11) is -3.72. The summed E-state index contributed by atoms with van der Waals surface area (Å²) >= 11 is 12.2. The van der Waals surface area contributed by atoms with Gasteiger partial charge in [-0.05, 0) is 49.6 Å². The van der Waals surface area contributed by atoms with E-state index in [0.717, 1.165) is 31.3 Å². The fourth-order valence-corrected chi connectivity index (χ4v) is 4.39. The van der Waals surface area contributed by atoms with E-state index in [9.17, 15) is 8.42 Å². The van der Waals surface area contributed by atoms with Gasteiger partial charge in [-0.3, -0.25) is 4.98 Å². The summed E-state index contributed by atoms with van der Waals surface area (Å²) in [6.07, 6.45) is 7.20. The van der Waals surface area contributed by atoms with Crippen molar-refractivity contribution in [2.24, 2.45) is 0 Å². The van der Waals surface area contributed by atoms with Crippen molar-refractivity contribution in [1.29, 1.82) is 0 Å². The number of sulfonamides is 1. The van der Waals surface area contributed by atoms with Crippen LogP contribution >= 0.6 is 23.4 Å². The minimum absolute atomic E-state index is 0.00326. The van der Waals surface area contributed by atoms with E-state index in [1.807, 2.05) is 6.07 Å². The molecule has 1 aliphatic rings. The minimum atomic E-state index is -3.72. The van der Waals surface area contributed by atoms with Crippen molar-refractivity contribution in [2.75, 3.05) is 27.3 Å². The number of hydrogen-bond donors (Lipinski definition) is 3. The van der Waals surface area contributed by atoms with Crippen molar-refractivity contribution in [3.63, 3.8) is 0 Å². The van der Waals surface area contributed by atoms with Gasteiger partial charge in [0, 0.05) is 35.9 Å². The zero-order chi connectivity index (χ0) is 24.3. The molecule has 0 amide bonds. The van der Waals surface area contributed by atoms with Gasteiger partial charge in [-0.25, -0.2) is 18.4 Å². The molecule has 0 aliphatic carbocycles. The molecular weight excluding hydrogens is 499 g/mol. The highest BCUT2D eigenvalue weighted by Crippen LogP contribution is 2.26. The molecule has 0 saturated heterocycles. The van der Waals surface area contributed by atoms with E-state index in [1.165, 1.54) is 29.7 Å². The monoisotopic (exact) mass is 522 g/mol. The van der Waals surface area contributed by atoms with Crippen molar-refractivity contribution < 1.29 is 8.42 Å². The van der Waals surface area contributed by atoms with E-state index in [4.69, 9.17) is 23.4 Å². The van der Waals surface area contributed by atoms with Gasteiger partial charge in [-0.2, -0.15) is 8.81 Å². The van der Waals surface area contributed by atoms with Crippen molar-refractivity contribution in [1.82, 2.24) is 25.3 Å². The molecule has 1 aliphatic heterocycles. The van der Waals surface area contributed by atoms with Gasteiger partial charge in [0.2, 0.25) is 16.0 Å². The average molecular weight is 523 g/mol. The van der Waals surface area contributed by atoms with Gasteiger partial charge < -0.3 is 16.0 Å². The molecule has 13 heteroatoms. The predicted molar refractivity (Wildman–Crippen MR) is 134 cm³/mol. The second kappa shape index (κ2) is 10.3. The third kappa shape index (κ3) is 5.84. The summed E-state index contributed by atoms with van der Waals surface area (Å²) < 4.78 is 24.2. The smallest absolute Gasteiger partial charge is 0.247 e. The van der Waals surface area contributed by atoms with E-state index in [0.29, 0.717) is 32.3 Å². The molecule has 1 atom stereocenters. The Hall–Kier alpha value is -2.73. The second-order valence-electron chi connectivity index (χ2n) is 7.97. The number of fused-ring (bicyclic) bond motifs is 1. The quantitative estimate of drug-likeness (QED) is 0.400. The normalized spacial score (nSPS) is 15.8. The van der Waals surface area contributed by atoms with Crippen LogP contribution in [0.15, 0.2) is 36.8 Å². The molecule has 3 aromatic rings. The van der Waals surface area contributed by atoms with Crippen molar-refractivity contribution in [3.8, 4) is 0 Å². The highest BCUT2D eigenvalue weighted by Gasteiger charge is 2.21. The van der Waals surface area contributed by atoms with E-state index in [-0.39, 0.29) is 12.4 Å². The van der Waals surface area contributed by atoms with Gasteiger partial charge >= 0.3 is 0 Å². The highest BCUT2D eigenvalue weighted by atomic mass is 35.5. The van der Waals surface area contributed by atoms with Crippen molar-refractivity contribution >= 4 is 56.7 Å². The average Bonchev–Trinajstić information content (AvgIpc) is 2.98. The lowest BCUT2D eigenvalue weighted by Crippen LogP contribution is -2.27. The predicted octanol–water partition coefficient (Wildman–Crippen LogP) is 3.27. The third-order valence-electron chi connectivity index (χ3n) is 5.25. The van der Waals surface area contributed by atoms with Crippen LogP contribution in [0.5, 0.6) is 0 Å². The van der Waals surface area contributed by atoms with Crippen LogP contribution in [0.3, 0.4) is 0 Å². The first-order valence-electron chi connectivity index (χ1n) is 10.6. The van der Waals surface area contributed by atoms with Crippen molar-refractivity contribution in [3.05, 3.63) is 58.6 Å². The Labute approximate surface area is 208 Å². The van der Waals surface area contributed by atoms with E-state index >= 15 is 0 Å². The Morgan fingerprint density at radius 2 is 2.00 bits per heavy atom. The molecule has 3 N–H and O–H groups in total. The van der Waals surface area contributed by atoms with Gasteiger partial charge in [-0.15, -0.1) is 0 Å². The summed E-state index contributed by atoms with van der Waals surface area (Å²) in [5.74, 6) is 0.710. The first-order chi connectivity index (χ1) is 16.2. The fourth-order valence-electron chi connectivity index (χ4n) is 3.63. The fraction of sp³-hybridized carbons (Fsp3) is 0.333. The van der Waals surface area contributed by atoms with Gasteiger partial charge in [-0.1, -0.05) is 17.7 Å². The van der Waals surface area contributed by atoms with Crippen LogP contribution in [0.25, 0.3) is 0 Å². The van der Waals surface area contributed by atoms with Crippen LogP contribution in [-0.4, -0.2) is 47.2 Å². The van der Waals surface area contributed by atoms with Gasteiger partial charge in [0.15, 0.2) is 11.6 Å². The van der Waals surface area contributed by atoms with Crippen LogP contribution in [0.4, 0.5) is 23.3 Å². The molecule has 1 unspecified atom stereocenters. The molecule has 2 aromatic heterocycles. The SMILES string of the molecule is CC1Cc2ccc(Nc3ncc(Cl)c(NCc4nccnc4N(Cl)S(C)(=O)=O)n3)cc2CCN1. The number of benzene rings is 1. The van der Waals surface area contributed by atoms with Crippen LogP contribution in [-0.2, 0) is 29.4 Å². The molecule has 0 bridgehead atoms. The summed E-state index contributed by atoms with van der Waals surface area (Å²) in [6.45, 7) is 3.21. The molecule has 180 valence electrons. The molecule has 10 nitrogen and oxygen atoms in total. The lowest BCUT2D eigenvalue weighted by molar-refractivity contribution is 0.568. The van der Waals surface area contributed by atoms with Gasteiger partial charge in [0.05, 0.1) is 19.0 Å². The Bertz CT molecular complexity index is 1290. The maximum Gasteiger partial charge on any atom is 0.247 e. The molecule has 0 radical (unpaired) electrons. The lowest BCUT2D eigenvalue weighted by atomic mass is 10.0. The van der Waals surface area contributed by atoms with Crippen molar-refractivity contribution in [2.45, 2.75) is 32.4 Å². The van der Waals surface area contributed by atoms with E-state index in [1.54, 1.807) is 0 Å². The summed E-state index contributed by atoms with van der Waals surface area (Å²) in [5, 5.41) is 10.1. The van der Waals surface area contributed by atoms with Crippen LogP contribution in [0, 0.1) is 0 Å². The first kappa shape index (κ1) is 24.4. The van der Waals surface area contributed by atoms with Crippen LogP contribution in [0.2, 0.25) is 5.02 Å².